The SMILES string of the molecule is CCC(C)(C)NCCCOc1cccc(NC(=O)c2c[nH]c3c2C(=O)CCCC3)c1. The molecule has 0 radical (unpaired) electrons. The maximum atomic E-state index is 12.8. The van der Waals surface area contributed by atoms with Gasteiger partial charge in [-0.25, -0.2) is 0 Å². The van der Waals surface area contributed by atoms with Gasteiger partial charge in [0.15, 0.2) is 5.78 Å². The largest absolute Gasteiger partial charge is 0.493 e. The summed E-state index contributed by atoms with van der Waals surface area (Å²) in [6.07, 6.45) is 6.76. The fourth-order valence-corrected chi connectivity index (χ4v) is 3.55. The number of aryl methyl sites for hydroxylation is 1. The lowest BCUT2D eigenvalue weighted by atomic mass is 10.0. The highest BCUT2D eigenvalue weighted by molar-refractivity contribution is 6.13. The fraction of sp³-hybridized carbons (Fsp3) is 0.500. The van der Waals surface area contributed by atoms with E-state index in [0.717, 1.165) is 44.3 Å². The molecular formula is C24H33N3O3. The molecule has 3 N–H and O–H groups in total. The van der Waals surface area contributed by atoms with Crippen LogP contribution >= 0.6 is 0 Å². The summed E-state index contributed by atoms with van der Waals surface area (Å²) in [5, 5.41) is 6.41. The number of rotatable bonds is 9. The molecule has 0 fully saturated rings. The second-order valence-electron chi connectivity index (χ2n) is 8.53. The molecular weight excluding hydrogens is 378 g/mol. The minimum absolute atomic E-state index is 0.0471. The zero-order chi connectivity index (χ0) is 21.6. The van der Waals surface area contributed by atoms with E-state index >= 15 is 0 Å². The van der Waals surface area contributed by atoms with Crippen molar-refractivity contribution in [2.45, 2.75) is 64.8 Å². The van der Waals surface area contributed by atoms with Crippen molar-refractivity contribution in [2.75, 3.05) is 18.5 Å². The topological polar surface area (TPSA) is 83.2 Å². The summed E-state index contributed by atoms with van der Waals surface area (Å²) >= 11 is 0. The number of ether oxygens (including phenoxy) is 1. The van der Waals surface area contributed by atoms with Crippen LogP contribution in [0.5, 0.6) is 5.75 Å². The first-order valence-electron chi connectivity index (χ1n) is 10.9. The molecule has 0 bridgehead atoms. The van der Waals surface area contributed by atoms with Crippen molar-refractivity contribution in [3.8, 4) is 5.75 Å². The number of hydrogen-bond acceptors (Lipinski definition) is 4. The van der Waals surface area contributed by atoms with Crippen molar-refractivity contribution in [2.24, 2.45) is 0 Å². The summed E-state index contributed by atoms with van der Waals surface area (Å²) in [5.74, 6) is 0.489. The van der Waals surface area contributed by atoms with Crippen LogP contribution in [0.25, 0.3) is 0 Å². The number of carbonyl (C=O) groups is 2. The summed E-state index contributed by atoms with van der Waals surface area (Å²) in [6.45, 7) is 8.05. The molecule has 1 aromatic carbocycles. The van der Waals surface area contributed by atoms with Crippen LogP contribution in [-0.4, -0.2) is 35.4 Å². The molecule has 1 aliphatic rings. The van der Waals surface area contributed by atoms with E-state index in [1.54, 1.807) is 6.20 Å². The van der Waals surface area contributed by atoms with E-state index in [0.29, 0.717) is 35.6 Å². The molecule has 1 heterocycles. The van der Waals surface area contributed by atoms with E-state index in [1.165, 1.54) is 0 Å². The molecule has 2 aromatic rings. The molecule has 6 heteroatoms. The number of H-pyrrole nitrogens is 1. The number of aromatic nitrogens is 1. The molecule has 1 amide bonds. The van der Waals surface area contributed by atoms with Gasteiger partial charge in [-0.15, -0.1) is 0 Å². The summed E-state index contributed by atoms with van der Waals surface area (Å²) in [6, 6.07) is 7.37. The Balaban J connectivity index is 1.56. The normalized spacial score (nSPS) is 14.2. The first kappa shape index (κ1) is 22.1. The Hall–Kier alpha value is -2.60. The van der Waals surface area contributed by atoms with Crippen molar-refractivity contribution < 1.29 is 14.3 Å². The third kappa shape index (κ3) is 5.72. The van der Waals surface area contributed by atoms with Crippen LogP contribution in [-0.2, 0) is 6.42 Å². The average molecular weight is 412 g/mol. The van der Waals surface area contributed by atoms with Gasteiger partial charge in [-0.05, 0) is 64.6 Å². The third-order valence-corrected chi connectivity index (χ3v) is 5.74. The van der Waals surface area contributed by atoms with Crippen molar-refractivity contribution in [1.29, 1.82) is 0 Å². The second-order valence-corrected chi connectivity index (χ2v) is 8.53. The van der Waals surface area contributed by atoms with Gasteiger partial charge >= 0.3 is 0 Å². The lowest BCUT2D eigenvalue weighted by molar-refractivity contribution is 0.0965. The van der Waals surface area contributed by atoms with E-state index in [4.69, 9.17) is 4.74 Å². The van der Waals surface area contributed by atoms with Crippen LogP contribution in [0, 0.1) is 0 Å². The van der Waals surface area contributed by atoms with Gasteiger partial charge in [0.25, 0.3) is 5.91 Å². The number of ketones is 1. The van der Waals surface area contributed by atoms with Gasteiger partial charge < -0.3 is 20.4 Å². The molecule has 3 rings (SSSR count). The fourth-order valence-electron chi connectivity index (χ4n) is 3.55. The Morgan fingerprint density at radius 2 is 2.03 bits per heavy atom. The second kappa shape index (κ2) is 9.94. The lowest BCUT2D eigenvalue weighted by Gasteiger charge is -2.24. The number of anilines is 1. The minimum atomic E-state index is -0.272. The number of fused-ring (bicyclic) bond motifs is 1. The van der Waals surface area contributed by atoms with E-state index in [2.05, 4.69) is 36.4 Å². The van der Waals surface area contributed by atoms with E-state index in [-0.39, 0.29) is 17.2 Å². The molecule has 0 spiro atoms. The zero-order valence-corrected chi connectivity index (χ0v) is 18.3. The monoisotopic (exact) mass is 411 g/mol. The zero-order valence-electron chi connectivity index (χ0n) is 18.3. The number of benzene rings is 1. The molecule has 0 unspecified atom stereocenters. The third-order valence-electron chi connectivity index (χ3n) is 5.74. The highest BCUT2D eigenvalue weighted by Gasteiger charge is 2.24. The summed E-state index contributed by atoms with van der Waals surface area (Å²) in [5.41, 5.74) is 2.65. The van der Waals surface area contributed by atoms with Gasteiger partial charge in [0, 0.05) is 35.6 Å². The Bertz CT molecular complexity index is 886. The molecule has 0 saturated heterocycles. The predicted molar refractivity (Wildman–Crippen MR) is 120 cm³/mol. The summed E-state index contributed by atoms with van der Waals surface area (Å²) < 4.78 is 5.84. The van der Waals surface area contributed by atoms with Crippen molar-refractivity contribution >= 4 is 17.4 Å². The number of Topliss-reactive ketones (excluding diaryl/α,β-unsaturated/α-hetero) is 1. The van der Waals surface area contributed by atoms with Crippen molar-refractivity contribution in [1.82, 2.24) is 10.3 Å². The molecule has 1 aromatic heterocycles. The molecule has 0 saturated carbocycles. The molecule has 30 heavy (non-hydrogen) atoms. The highest BCUT2D eigenvalue weighted by atomic mass is 16.5. The number of nitrogens with one attached hydrogen (secondary N) is 3. The Kier molecular flexibility index (Phi) is 7.32. The van der Waals surface area contributed by atoms with Crippen LogP contribution in [0.3, 0.4) is 0 Å². The Morgan fingerprint density at radius 3 is 2.83 bits per heavy atom. The van der Waals surface area contributed by atoms with Crippen LogP contribution in [0.15, 0.2) is 30.5 Å². The maximum absolute atomic E-state index is 12.8. The van der Waals surface area contributed by atoms with Gasteiger partial charge in [0.05, 0.1) is 17.7 Å². The molecule has 1 aliphatic carbocycles. The Morgan fingerprint density at radius 1 is 1.23 bits per heavy atom. The molecule has 0 aliphatic heterocycles. The van der Waals surface area contributed by atoms with Crippen LogP contribution in [0.2, 0.25) is 0 Å². The van der Waals surface area contributed by atoms with Gasteiger partial charge in [-0.3, -0.25) is 9.59 Å². The van der Waals surface area contributed by atoms with E-state index in [1.807, 2.05) is 24.3 Å². The summed E-state index contributed by atoms with van der Waals surface area (Å²) in [7, 11) is 0. The van der Waals surface area contributed by atoms with Gasteiger partial charge in [-0.1, -0.05) is 13.0 Å². The standard InChI is InChI=1S/C24H33N3O3/c1-4-24(2,3)26-13-8-14-30-18-10-7-9-17(15-18)27-23(29)19-16-25-20-11-5-6-12-21(28)22(19)20/h7,9-10,15-16,25-26H,4-6,8,11-14H2,1-3H3,(H,27,29). The van der Waals surface area contributed by atoms with Crippen LogP contribution < -0.4 is 15.4 Å². The highest BCUT2D eigenvalue weighted by Crippen LogP contribution is 2.25. The van der Waals surface area contributed by atoms with Gasteiger partial charge in [0.1, 0.15) is 5.75 Å². The summed E-state index contributed by atoms with van der Waals surface area (Å²) in [4.78, 5) is 28.3. The first-order chi connectivity index (χ1) is 14.4. The van der Waals surface area contributed by atoms with Crippen molar-refractivity contribution in [3.05, 3.63) is 47.3 Å². The van der Waals surface area contributed by atoms with Crippen LogP contribution in [0.4, 0.5) is 5.69 Å². The molecule has 6 nitrogen and oxygen atoms in total. The van der Waals surface area contributed by atoms with Crippen molar-refractivity contribution in [3.63, 3.8) is 0 Å². The molecule has 0 atom stereocenters. The number of hydrogen-bond donors (Lipinski definition) is 3. The van der Waals surface area contributed by atoms with E-state index < -0.39 is 0 Å². The average Bonchev–Trinajstić information content (AvgIpc) is 3.07. The van der Waals surface area contributed by atoms with Gasteiger partial charge in [0.2, 0.25) is 0 Å². The molecule has 162 valence electrons. The van der Waals surface area contributed by atoms with Gasteiger partial charge in [-0.2, -0.15) is 0 Å². The predicted octanol–water partition coefficient (Wildman–Crippen LogP) is 4.72. The minimum Gasteiger partial charge on any atom is -0.493 e. The Labute approximate surface area is 178 Å². The number of carbonyl (C=O) groups excluding carboxylic acids is 2. The first-order valence-corrected chi connectivity index (χ1v) is 10.9. The quantitative estimate of drug-likeness (QED) is 0.412. The maximum Gasteiger partial charge on any atom is 0.257 e. The lowest BCUT2D eigenvalue weighted by Crippen LogP contribution is -2.39. The number of aromatic amines is 1. The number of amides is 1. The van der Waals surface area contributed by atoms with Crippen LogP contribution in [0.1, 0.15) is 79.3 Å². The van der Waals surface area contributed by atoms with E-state index in [9.17, 15) is 9.59 Å². The smallest absolute Gasteiger partial charge is 0.257 e.